The first-order valence-electron chi connectivity index (χ1n) is 10.4. The fraction of sp³-hybridized carbons (Fsp3) is 0.269. The van der Waals surface area contributed by atoms with Crippen LogP contribution in [0.3, 0.4) is 0 Å². The molecule has 0 saturated heterocycles. The highest BCUT2D eigenvalue weighted by atomic mass is 16.2. The molecule has 3 rings (SSSR count). The van der Waals surface area contributed by atoms with Gasteiger partial charge in [-0.1, -0.05) is 72.3 Å². The van der Waals surface area contributed by atoms with Crippen molar-refractivity contribution >= 4 is 11.6 Å². The first-order valence-corrected chi connectivity index (χ1v) is 10.4. The zero-order valence-electron chi connectivity index (χ0n) is 18.4. The number of aryl methyl sites for hydroxylation is 1. The smallest absolute Gasteiger partial charge is 0.277 e. The normalized spacial score (nSPS) is 11.7. The van der Waals surface area contributed by atoms with E-state index in [1.165, 1.54) is 16.7 Å². The molecule has 2 N–H and O–H groups in total. The number of carbonyl (C=O) groups excluding carboxylic acids is 1. The van der Waals surface area contributed by atoms with Gasteiger partial charge < -0.3 is 15.1 Å². The molecule has 0 aromatic heterocycles. The number of hydrogen-bond donors (Lipinski definition) is 1. The maximum absolute atomic E-state index is 12.8. The molecule has 30 heavy (non-hydrogen) atoms. The van der Waals surface area contributed by atoms with Crippen LogP contribution in [0.1, 0.15) is 28.3 Å². The van der Waals surface area contributed by atoms with Gasteiger partial charge in [0.2, 0.25) is 0 Å². The Morgan fingerprint density at radius 3 is 2.03 bits per heavy atom. The molecule has 0 aliphatic rings. The molecule has 4 heteroatoms. The minimum Gasteiger partial charge on any atom is -0.378 e. The summed E-state index contributed by atoms with van der Waals surface area (Å²) in [6.07, 6.45) is 0. The van der Waals surface area contributed by atoms with Crippen molar-refractivity contribution in [1.82, 2.24) is 4.90 Å². The molecule has 1 atom stereocenters. The van der Waals surface area contributed by atoms with Crippen LogP contribution in [-0.2, 0) is 11.3 Å². The van der Waals surface area contributed by atoms with E-state index < -0.39 is 0 Å². The molecule has 0 bridgehead atoms. The van der Waals surface area contributed by atoms with E-state index >= 15 is 0 Å². The van der Waals surface area contributed by atoms with Gasteiger partial charge >= 0.3 is 0 Å². The number of nitrogens with two attached hydrogens (primary N) is 1. The molecule has 0 saturated carbocycles. The molecular formula is C26H32N3O+. The molecule has 0 spiro atoms. The number of hydrogen-bond acceptors (Lipinski definition) is 2. The number of benzene rings is 3. The molecule has 0 radical (unpaired) electrons. The Hall–Kier alpha value is -3.11. The Morgan fingerprint density at radius 2 is 1.43 bits per heavy atom. The lowest BCUT2D eigenvalue weighted by Gasteiger charge is -2.20. The minimum atomic E-state index is 0.100. The van der Waals surface area contributed by atoms with Crippen LogP contribution in [0.15, 0.2) is 78.9 Å². The average molecular weight is 403 g/mol. The van der Waals surface area contributed by atoms with Crippen molar-refractivity contribution in [3.8, 4) is 0 Å². The molecule has 0 fully saturated rings. The van der Waals surface area contributed by atoms with Crippen LogP contribution < -0.4 is 10.2 Å². The Balaban J connectivity index is 1.65. The lowest BCUT2D eigenvalue weighted by Crippen LogP contribution is -2.87. The summed E-state index contributed by atoms with van der Waals surface area (Å²) in [6.45, 7) is 3.11. The van der Waals surface area contributed by atoms with Crippen LogP contribution in [0.2, 0.25) is 0 Å². The Labute approximate surface area is 180 Å². The first kappa shape index (κ1) is 21.6. The summed E-state index contributed by atoms with van der Waals surface area (Å²) in [7, 11) is 5.93. The summed E-state index contributed by atoms with van der Waals surface area (Å²) in [4.78, 5) is 16.7. The fourth-order valence-corrected chi connectivity index (χ4v) is 3.53. The van der Waals surface area contributed by atoms with Gasteiger partial charge in [-0.2, -0.15) is 0 Å². The fourth-order valence-electron chi connectivity index (χ4n) is 3.53. The molecule has 0 aliphatic heterocycles. The second-order valence-corrected chi connectivity index (χ2v) is 8.05. The molecule has 3 aromatic carbocycles. The van der Waals surface area contributed by atoms with E-state index in [4.69, 9.17) is 0 Å². The van der Waals surface area contributed by atoms with Crippen molar-refractivity contribution in [3.63, 3.8) is 0 Å². The Bertz CT molecular complexity index is 934. The van der Waals surface area contributed by atoms with E-state index in [2.05, 4.69) is 89.9 Å². The molecule has 0 unspecified atom stereocenters. The number of nitrogens with zero attached hydrogens (tertiary/aromatic N) is 2. The highest BCUT2D eigenvalue weighted by molar-refractivity contribution is 5.76. The Kier molecular flexibility index (Phi) is 7.26. The standard InChI is InChI=1S/C26H31N3O/c1-20-10-14-23(15-11-20)26(22-8-6-5-7-9-22)27-18-25(30)29(4)19-21-12-16-24(17-13-21)28(2)3/h5-17,26-27H,18-19H2,1-4H3/p+1/t26-/m0/s1. The topological polar surface area (TPSA) is 40.2 Å². The van der Waals surface area contributed by atoms with Gasteiger partial charge in [0, 0.05) is 44.5 Å². The highest BCUT2D eigenvalue weighted by Gasteiger charge is 2.20. The third-order valence-corrected chi connectivity index (χ3v) is 5.42. The summed E-state index contributed by atoms with van der Waals surface area (Å²) in [5, 5.41) is 2.13. The number of rotatable bonds is 8. The zero-order valence-corrected chi connectivity index (χ0v) is 18.4. The van der Waals surface area contributed by atoms with Gasteiger partial charge in [0.05, 0.1) is 0 Å². The van der Waals surface area contributed by atoms with E-state index in [1.807, 2.05) is 27.2 Å². The van der Waals surface area contributed by atoms with Crippen molar-refractivity contribution in [3.05, 3.63) is 101 Å². The zero-order chi connectivity index (χ0) is 21.5. The van der Waals surface area contributed by atoms with Crippen LogP contribution in [-0.4, -0.2) is 38.5 Å². The molecular weight excluding hydrogens is 370 g/mol. The summed E-state index contributed by atoms with van der Waals surface area (Å²) in [5.74, 6) is 0.125. The molecule has 1 amide bonds. The molecule has 156 valence electrons. The average Bonchev–Trinajstić information content (AvgIpc) is 2.76. The van der Waals surface area contributed by atoms with Gasteiger partial charge in [-0.25, -0.2) is 0 Å². The van der Waals surface area contributed by atoms with Gasteiger partial charge in [-0.3, -0.25) is 4.79 Å². The third-order valence-electron chi connectivity index (χ3n) is 5.42. The lowest BCUT2D eigenvalue weighted by molar-refractivity contribution is -0.677. The molecule has 0 heterocycles. The van der Waals surface area contributed by atoms with Gasteiger partial charge in [-0.05, 0) is 24.6 Å². The van der Waals surface area contributed by atoms with Crippen LogP contribution in [0.25, 0.3) is 0 Å². The predicted molar refractivity (Wildman–Crippen MR) is 123 cm³/mol. The second-order valence-electron chi connectivity index (χ2n) is 8.05. The number of carbonyl (C=O) groups is 1. The summed E-state index contributed by atoms with van der Waals surface area (Å²) in [6, 6.07) is 27.4. The maximum Gasteiger partial charge on any atom is 0.277 e. The van der Waals surface area contributed by atoms with E-state index in [9.17, 15) is 4.79 Å². The summed E-state index contributed by atoms with van der Waals surface area (Å²) < 4.78 is 0. The van der Waals surface area contributed by atoms with Crippen molar-refractivity contribution in [2.24, 2.45) is 0 Å². The summed E-state index contributed by atoms with van der Waals surface area (Å²) in [5.41, 5.74) is 5.94. The monoisotopic (exact) mass is 402 g/mol. The van der Waals surface area contributed by atoms with E-state index in [0.717, 1.165) is 11.3 Å². The SMILES string of the molecule is Cc1ccc([C@@H]([NH2+]CC(=O)N(C)Cc2ccc(N(C)C)cc2)c2ccccc2)cc1. The van der Waals surface area contributed by atoms with E-state index in [0.29, 0.717) is 13.1 Å². The van der Waals surface area contributed by atoms with Gasteiger partial charge in [0.25, 0.3) is 5.91 Å². The Morgan fingerprint density at radius 1 is 0.833 bits per heavy atom. The quantitative estimate of drug-likeness (QED) is 0.628. The van der Waals surface area contributed by atoms with Crippen molar-refractivity contribution in [2.45, 2.75) is 19.5 Å². The number of quaternary nitrogens is 1. The lowest BCUT2D eigenvalue weighted by atomic mass is 9.98. The van der Waals surface area contributed by atoms with Crippen LogP contribution in [0, 0.1) is 6.92 Å². The van der Waals surface area contributed by atoms with E-state index in [1.54, 1.807) is 4.90 Å². The number of likely N-dealkylation sites (N-methyl/N-ethyl adjacent to an activating group) is 1. The van der Waals surface area contributed by atoms with Gasteiger partial charge in [0.15, 0.2) is 6.54 Å². The minimum absolute atomic E-state index is 0.100. The summed E-state index contributed by atoms with van der Waals surface area (Å²) >= 11 is 0. The van der Waals surface area contributed by atoms with Crippen molar-refractivity contribution in [1.29, 1.82) is 0 Å². The molecule has 3 aromatic rings. The first-order chi connectivity index (χ1) is 14.4. The van der Waals surface area contributed by atoms with Crippen molar-refractivity contribution in [2.75, 3.05) is 32.6 Å². The largest absolute Gasteiger partial charge is 0.378 e. The predicted octanol–water partition coefficient (Wildman–Crippen LogP) is 3.37. The number of amides is 1. The number of anilines is 1. The maximum atomic E-state index is 12.8. The third kappa shape index (κ3) is 5.71. The highest BCUT2D eigenvalue weighted by Crippen LogP contribution is 2.19. The van der Waals surface area contributed by atoms with Crippen LogP contribution in [0.4, 0.5) is 5.69 Å². The van der Waals surface area contributed by atoms with Gasteiger partial charge in [0.1, 0.15) is 6.04 Å². The van der Waals surface area contributed by atoms with Crippen LogP contribution in [0.5, 0.6) is 0 Å². The van der Waals surface area contributed by atoms with Crippen molar-refractivity contribution < 1.29 is 10.1 Å². The molecule has 4 nitrogen and oxygen atoms in total. The van der Waals surface area contributed by atoms with E-state index in [-0.39, 0.29) is 11.9 Å². The van der Waals surface area contributed by atoms with Gasteiger partial charge in [-0.15, -0.1) is 0 Å². The second kappa shape index (κ2) is 10.1. The molecule has 0 aliphatic carbocycles. The van der Waals surface area contributed by atoms with Crippen LogP contribution >= 0.6 is 0 Å².